The fourth-order valence-corrected chi connectivity index (χ4v) is 2.59. The van der Waals surface area contributed by atoms with Crippen LogP contribution in [-0.2, 0) is 13.6 Å². The molecule has 0 bridgehead atoms. The quantitative estimate of drug-likeness (QED) is 0.791. The molecule has 7 heteroatoms. The average molecular weight is 328 g/mol. The molecule has 3 rings (SSSR count). The minimum absolute atomic E-state index is 0.285. The maximum atomic E-state index is 14.2. The zero-order valence-electron chi connectivity index (χ0n) is 13.6. The van der Waals surface area contributed by atoms with Crippen LogP contribution in [0.25, 0.3) is 22.2 Å². The van der Waals surface area contributed by atoms with Gasteiger partial charge in [-0.2, -0.15) is 0 Å². The van der Waals surface area contributed by atoms with Crippen LogP contribution in [0.1, 0.15) is 5.56 Å². The highest BCUT2D eigenvalue weighted by atomic mass is 19.1. The molecule has 24 heavy (non-hydrogen) atoms. The summed E-state index contributed by atoms with van der Waals surface area (Å²) in [6.07, 6.45) is 1.53. The van der Waals surface area contributed by atoms with Crippen molar-refractivity contribution in [1.82, 2.24) is 19.4 Å². The van der Waals surface area contributed by atoms with Gasteiger partial charge in [0.2, 0.25) is 0 Å². The predicted octanol–water partition coefficient (Wildman–Crippen LogP) is 1.49. The Morgan fingerprint density at radius 1 is 1.21 bits per heavy atom. The Morgan fingerprint density at radius 3 is 2.62 bits per heavy atom. The first-order chi connectivity index (χ1) is 11.4. The summed E-state index contributed by atoms with van der Waals surface area (Å²) in [5.74, 6) is -0.310. The number of pyridine rings is 1. The van der Waals surface area contributed by atoms with Gasteiger partial charge >= 0.3 is 5.69 Å². The molecule has 3 aromatic rings. The van der Waals surface area contributed by atoms with Crippen LogP contribution in [-0.4, -0.2) is 33.5 Å². The molecule has 124 valence electrons. The predicted molar refractivity (Wildman–Crippen MR) is 90.4 cm³/mol. The van der Waals surface area contributed by atoms with Gasteiger partial charge in [-0.15, -0.1) is 0 Å². The number of hydrogen-bond donors (Lipinski definition) is 1. The van der Waals surface area contributed by atoms with Crippen molar-refractivity contribution in [2.75, 3.05) is 14.1 Å². The average Bonchev–Trinajstić information content (AvgIpc) is 2.54. The van der Waals surface area contributed by atoms with Crippen LogP contribution in [0.15, 0.2) is 40.1 Å². The van der Waals surface area contributed by atoms with Crippen molar-refractivity contribution < 1.29 is 4.39 Å². The SMILES string of the molecule is CN(C)Cc1ccc(-c2cnc3c(c2)c(=O)[nH]c(=O)n3C)cc1F. The summed E-state index contributed by atoms with van der Waals surface area (Å²) in [6, 6.07) is 6.56. The van der Waals surface area contributed by atoms with Gasteiger partial charge in [-0.25, -0.2) is 14.2 Å². The summed E-state index contributed by atoms with van der Waals surface area (Å²) >= 11 is 0. The third-order valence-corrected chi connectivity index (χ3v) is 3.83. The van der Waals surface area contributed by atoms with E-state index in [9.17, 15) is 14.0 Å². The zero-order valence-corrected chi connectivity index (χ0v) is 13.6. The van der Waals surface area contributed by atoms with Crippen molar-refractivity contribution in [1.29, 1.82) is 0 Å². The number of hydrogen-bond acceptors (Lipinski definition) is 4. The second-order valence-electron chi connectivity index (χ2n) is 5.96. The molecule has 0 fully saturated rings. The van der Waals surface area contributed by atoms with Crippen LogP contribution in [0, 0.1) is 5.82 Å². The molecule has 0 aliphatic rings. The molecular weight excluding hydrogens is 311 g/mol. The van der Waals surface area contributed by atoms with Gasteiger partial charge in [-0.05, 0) is 31.8 Å². The van der Waals surface area contributed by atoms with E-state index in [1.54, 1.807) is 18.2 Å². The molecule has 0 aliphatic heterocycles. The molecule has 0 atom stereocenters. The standard InChI is InChI=1S/C17H17FN4O2/c1-21(2)9-11-5-4-10(7-14(11)18)12-6-13-15(19-8-12)22(3)17(24)20-16(13)23/h4-8H,9H2,1-3H3,(H,20,23,24). The van der Waals surface area contributed by atoms with E-state index in [0.29, 0.717) is 23.2 Å². The van der Waals surface area contributed by atoms with E-state index >= 15 is 0 Å². The summed E-state index contributed by atoms with van der Waals surface area (Å²) in [5.41, 5.74) is 1.09. The van der Waals surface area contributed by atoms with E-state index in [1.165, 1.54) is 23.9 Å². The summed E-state index contributed by atoms with van der Waals surface area (Å²) < 4.78 is 15.5. The van der Waals surface area contributed by atoms with Crippen LogP contribution in [0.3, 0.4) is 0 Å². The topological polar surface area (TPSA) is 71.0 Å². The van der Waals surface area contributed by atoms with Gasteiger partial charge in [-0.1, -0.05) is 12.1 Å². The van der Waals surface area contributed by atoms with E-state index in [2.05, 4.69) is 9.97 Å². The molecule has 0 amide bonds. The molecule has 0 unspecified atom stereocenters. The zero-order chi connectivity index (χ0) is 17.4. The number of rotatable bonds is 3. The van der Waals surface area contributed by atoms with Crippen LogP contribution >= 0.6 is 0 Å². The highest BCUT2D eigenvalue weighted by Gasteiger charge is 2.10. The monoisotopic (exact) mass is 328 g/mol. The Balaban J connectivity index is 2.12. The number of nitrogens with one attached hydrogen (secondary N) is 1. The lowest BCUT2D eigenvalue weighted by Gasteiger charge is -2.12. The molecule has 1 N–H and O–H groups in total. The van der Waals surface area contributed by atoms with Crippen LogP contribution in [0.4, 0.5) is 4.39 Å². The lowest BCUT2D eigenvalue weighted by molar-refractivity contribution is 0.392. The van der Waals surface area contributed by atoms with Crippen molar-refractivity contribution in [2.45, 2.75) is 6.54 Å². The number of benzene rings is 1. The molecule has 2 heterocycles. The lowest BCUT2D eigenvalue weighted by atomic mass is 10.0. The Bertz CT molecular complexity index is 1040. The van der Waals surface area contributed by atoms with E-state index in [-0.39, 0.29) is 16.9 Å². The molecule has 0 saturated heterocycles. The smallest absolute Gasteiger partial charge is 0.305 e. The van der Waals surface area contributed by atoms with Crippen molar-refractivity contribution in [2.24, 2.45) is 7.05 Å². The second kappa shape index (κ2) is 6.01. The molecule has 6 nitrogen and oxygen atoms in total. The lowest BCUT2D eigenvalue weighted by Crippen LogP contribution is -2.28. The van der Waals surface area contributed by atoms with Crippen LogP contribution in [0.5, 0.6) is 0 Å². The first-order valence-corrected chi connectivity index (χ1v) is 7.39. The van der Waals surface area contributed by atoms with Gasteiger partial charge < -0.3 is 4.90 Å². The second-order valence-corrected chi connectivity index (χ2v) is 5.96. The highest BCUT2D eigenvalue weighted by Crippen LogP contribution is 2.23. The molecule has 0 aliphatic carbocycles. The van der Waals surface area contributed by atoms with Gasteiger partial charge in [0, 0.05) is 30.9 Å². The van der Waals surface area contributed by atoms with E-state index in [1.807, 2.05) is 19.0 Å². The van der Waals surface area contributed by atoms with Crippen molar-refractivity contribution >= 4 is 11.0 Å². The molecular formula is C17H17FN4O2. The number of H-pyrrole nitrogens is 1. The number of aryl methyl sites for hydroxylation is 1. The molecule has 2 aromatic heterocycles. The summed E-state index contributed by atoms with van der Waals surface area (Å²) in [7, 11) is 5.28. The molecule has 0 spiro atoms. The Kier molecular flexibility index (Phi) is 4.02. The Morgan fingerprint density at radius 2 is 1.96 bits per heavy atom. The molecule has 1 aromatic carbocycles. The number of halogens is 1. The van der Waals surface area contributed by atoms with E-state index in [0.717, 1.165) is 0 Å². The van der Waals surface area contributed by atoms with Gasteiger partial charge in [-0.3, -0.25) is 14.3 Å². The molecule has 0 saturated carbocycles. The number of fused-ring (bicyclic) bond motifs is 1. The van der Waals surface area contributed by atoms with E-state index < -0.39 is 11.2 Å². The fraction of sp³-hybridized carbons (Fsp3) is 0.235. The minimum Gasteiger partial charge on any atom is -0.305 e. The third-order valence-electron chi connectivity index (χ3n) is 3.83. The minimum atomic E-state index is -0.521. The third kappa shape index (κ3) is 2.85. The normalized spacial score (nSPS) is 11.4. The number of aromatic amines is 1. The summed E-state index contributed by atoms with van der Waals surface area (Å²) in [4.78, 5) is 31.9. The summed E-state index contributed by atoms with van der Waals surface area (Å²) in [5, 5.41) is 0.285. The molecule has 0 radical (unpaired) electrons. The van der Waals surface area contributed by atoms with Crippen molar-refractivity contribution in [3.8, 4) is 11.1 Å². The maximum Gasteiger partial charge on any atom is 0.329 e. The first-order valence-electron chi connectivity index (χ1n) is 7.39. The van der Waals surface area contributed by atoms with Crippen LogP contribution in [0.2, 0.25) is 0 Å². The van der Waals surface area contributed by atoms with Gasteiger partial charge in [0.15, 0.2) is 0 Å². The van der Waals surface area contributed by atoms with Gasteiger partial charge in [0.05, 0.1) is 5.39 Å². The number of nitrogens with zero attached hydrogens (tertiary/aromatic N) is 3. The van der Waals surface area contributed by atoms with Crippen LogP contribution < -0.4 is 11.2 Å². The maximum absolute atomic E-state index is 14.2. The fourth-order valence-electron chi connectivity index (χ4n) is 2.59. The first kappa shape index (κ1) is 16.1. The summed E-state index contributed by atoms with van der Waals surface area (Å²) in [6.45, 7) is 0.504. The number of aromatic nitrogens is 3. The Labute approximate surface area is 137 Å². The van der Waals surface area contributed by atoms with Crippen molar-refractivity contribution in [3.63, 3.8) is 0 Å². The van der Waals surface area contributed by atoms with Gasteiger partial charge in [0.25, 0.3) is 5.56 Å². The van der Waals surface area contributed by atoms with Crippen molar-refractivity contribution in [3.05, 3.63) is 62.7 Å². The largest absolute Gasteiger partial charge is 0.329 e. The highest BCUT2D eigenvalue weighted by molar-refractivity contribution is 5.80. The Hall–Kier alpha value is -2.80. The van der Waals surface area contributed by atoms with Gasteiger partial charge in [0.1, 0.15) is 11.5 Å². The van der Waals surface area contributed by atoms with E-state index in [4.69, 9.17) is 0 Å².